The lowest BCUT2D eigenvalue weighted by Crippen LogP contribution is -2.55. The van der Waals surface area contributed by atoms with Crippen LogP contribution in [0.15, 0.2) is 121 Å². The first-order valence-corrected chi connectivity index (χ1v) is 14.8. The van der Waals surface area contributed by atoms with Gasteiger partial charge in [-0.2, -0.15) is 0 Å². The fourth-order valence-corrected chi connectivity index (χ4v) is 4.56. The van der Waals surface area contributed by atoms with E-state index in [1.807, 2.05) is 121 Å². The molecule has 0 saturated heterocycles. The number of nitrogens with one attached hydrogen (secondary N) is 1. The Morgan fingerprint density at radius 2 is 1.02 bits per heavy atom. The Balaban J connectivity index is 1.62. The van der Waals surface area contributed by atoms with Crippen molar-refractivity contribution >= 4 is 5.91 Å². The number of carbonyl (C=O) groups is 1. The molecule has 4 aromatic rings. The van der Waals surface area contributed by atoms with Crippen molar-refractivity contribution in [2.24, 2.45) is 0 Å². The molecule has 4 atom stereocenters. The summed E-state index contributed by atoms with van der Waals surface area (Å²) in [6.45, 7) is 2.73. The topological polar surface area (TPSA) is 95.5 Å². The molecule has 0 aliphatic carbocycles. The van der Waals surface area contributed by atoms with Crippen LogP contribution in [0.5, 0.6) is 0 Å². The maximum Gasteiger partial charge on any atom is 0.275 e. The molecule has 0 aliphatic heterocycles. The highest BCUT2D eigenvalue weighted by Gasteiger charge is 2.41. The fraction of sp³-hybridized carbons (Fsp3) is 0.306. The van der Waals surface area contributed by atoms with Gasteiger partial charge in [-0.25, -0.2) is 5.48 Å². The van der Waals surface area contributed by atoms with Gasteiger partial charge in [0.1, 0.15) is 18.3 Å². The van der Waals surface area contributed by atoms with Gasteiger partial charge >= 0.3 is 0 Å². The Morgan fingerprint density at radius 1 is 0.614 bits per heavy atom. The lowest BCUT2D eigenvalue weighted by Gasteiger charge is -2.35. The van der Waals surface area contributed by atoms with Gasteiger partial charge in [-0.1, -0.05) is 121 Å². The number of hydroxylamine groups is 1. The quantitative estimate of drug-likeness (QED) is 0.140. The Labute approximate surface area is 259 Å². The summed E-state index contributed by atoms with van der Waals surface area (Å²) in [6, 6.07) is 38.4. The highest BCUT2D eigenvalue weighted by molar-refractivity contribution is 5.80. The molecule has 4 aromatic carbocycles. The summed E-state index contributed by atoms with van der Waals surface area (Å²) in [5, 5.41) is 11.6. The van der Waals surface area contributed by atoms with E-state index in [2.05, 4.69) is 5.48 Å². The smallest absolute Gasteiger partial charge is 0.275 e. The molecule has 4 rings (SSSR count). The van der Waals surface area contributed by atoms with Crippen LogP contribution in [-0.4, -0.2) is 48.6 Å². The first kappa shape index (κ1) is 33.0. The molecule has 0 heterocycles. The van der Waals surface area contributed by atoms with E-state index in [9.17, 15) is 9.90 Å². The molecule has 0 saturated carbocycles. The van der Waals surface area contributed by atoms with E-state index in [0.29, 0.717) is 6.61 Å². The number of aliphatic hydroxyl groups is 1. The van der Waals surface area contributed by atoms with Crippen molar-refractivity contribution in [3.05, 3.63) is 144 Å². The standard InChI is InChI=1S/C36H41NO7/c1-2-44-37-36(39)35(43-26-31-21-13-6-14-22-31)34(42-25-30-19-11-5-12-20-30)33(41-24-29-17-9-4-10-18-29)32(38)27-40-23-28-15-7-3-8-16-28/h3-22,32-35,38H,2,23-27H2,1H3,(H,37,39)/t32-,33-,34+,35-/m1/s1. The second kappa shape index (κ2) is 18.7. The molecule has 1 amide bonds. The molecule has 0 radical (unpaired) electrons. The fourth-order valence-electron chi connectivity index (χ4n) is 4.56. The summed E-state index contributed by atoms with van der Waals surface area (Å²) >= 11 is 0. The van der Waals surface area contributed by atoms with Gasteiger partial charge in [0.2, 0.25) is 0 Å². The van der Waals surface area contributed by atoms with Crippen LogP contribution in [0.25, 0.3) is 0 Å². The van der Waals surface area contributed by atoms with E-state index in [0.717, 1.165) is 22.3 Å². The van der Waals surface area contributed by atoms with E-state index in [-0.39, 0.29) is 33.0 Å². The average Bonchev–Trinajstić information content (AvgIpc) is 3.07. The molecule has 8 nitrogen and oxygen atoms in total. The number of hydrogen-bond acceptors (Lipinski definition) is 7. The van der Waals surface area contributed by atoms with Crippen LogP contribution in [0, 0.1) is 0 Å². The third kappa shape index (κ3) is 11.0. The molecule has 0 aromatic heterocycles. The zero-order valence-electron chi connectivity index (χ0n) is 25.0. The molecule has 2 N–H and O–H groups in total. The predicted octanol–water partition coefficient (Wildman–Crippen LogP) is 5.39. The van der Waals surface area contributed by atoms with Crippen molar-refractivity contribution in [3.63, 3.8) is 0 Å². The zero-order valence-corrected chi connectivity index (χ0v) is 25.0. The van der Waals surface area contributed by atoms with E-state index < -0.39 is 30.3 Å². The third-order valence-electron chi connectivity index (χ3n) is 6.82. The van der Waals surface area contributed by atoms with E-state index in [4.69, 9.17) is 23.8 Å². The summed E-state index contributed by atoms with van der Waals surface area (Å²) in [7, 11) is 0. The summed E-state index contributed by atoms with van der Waals surface area (Å²) in [4.78, 5) is 18.8. The van der Waals surface area contributed by atoms with Gasteiger partial charge in [0.05, 0.1) is 39.6 Å². The molecular formula is C36H41NO7. The zero-order chi connectivity index (χ0) is 30.8. The van der Waals surface area contributed by atoms with Crippen molar-refractivity contribution in [1.29, 1.82) is 0 Å². The van der Waals surface area contributed by atoms with Crippen molar-refractivity contribution in [2.45, 2.75) is 57.8 Å². The number of benzene rings is 4. The number of amides is 1. The average molecular weight is 600 g/mol. The third-order valence-corrected chi connectivity index (χ3v) is 6.82. The van der Waals surface area contributed by atoms with Crippen molar-refractivity contribution in [3.8, 4) is 0 Å². The first-order chi connectivity index (χ1) is 21.6. The van der Waals surface area contributed by atoms with Gasteiger partial charge in [0.15, 0.2) is 6.10 Å². The Hall–Kier alpha value is -3.89. The number of rotatable bonds is 19. The van der Waals surface area contributed by atoms with Crippen molar-refractivity contribution < 1.29 is 33.7 Å². The summed E-state index contributed by atoms with van der Waals surface area (Å²) in [5.41, 5.74) is 6.10. The minimum atomic E-state index is -1.20. The van der Waals surface area contributed by atoms with Crippen LogP contribution < -0.4 is 5.48 Å². The molecule has 0 bridgehead atoms. The Morgan fingerprint density at radius 3 is 1.48 bits per heavy atom. The van der Waals surface area contributed by atoms with Crippen LogP contribution in [0.3, 0.4) is 0 Å². The van der Waals surface area contributed by atoms with Crippen LogP contribution in [0.4, 0.5) is 0 Å². The minimum Gasteiger partial charge on any atom is -0.388 e. The first-order valence-electron chi connectivity index (χ1n) is 14.8. The van der Waals surface area contributed by atoms with Crippen molar-refractivity contribution in [1.82, 2.24) is 5.48 Å². The monoisotopic (exact) mass is 599 g/mol. The maximum absolute atomic E-state index is 13.6. The Bertz CT molecular complexity index is 1330. The molecule has 0 unspecified atom stereocenters. The molecule has 0 aliphatic rings. The number of hydrogen-bond donors (Lipinski definition) is 2. The molecule has 0 spiro atoms. The largest absolute Gasteiger partial charge is 0.388 e. The second-order valence-electron chi connectivity index (χ2n) is 10.2. The number of aliphatic hydroxyl groups excluding tert-OH is 1. The lowest BCUT2D eigenvalue weighted by atomic mass is 10.0. The van der Waals surface area contributed by atoms with Crippen molar-refractivity contribution in [2.75, 3.05) is 13.2 Å². The molecule has 0 fully saturated rings. The summed E-state index contributed by atoms with van der Waals surface area (Å²) < 4.78 is 25.0. The van der Waals surface area contributed by atoms with E-state index in [1.54, 1.807) is 6.92 Å². The Kier molecular flexibility index (Phi) is 14.0. The highest BCUT2D eigenvalue weighted by atomic mass is 16.7. The van der Waals surface area contributed by atoms with Crippen LogP contribution in [0.1, 0.15) is 29.2 Å². The van der Waals surface area contributed by atoms with Gasteiger partial charge in [0.25, 0.3) is 5.91 Å². The maximum atomic E-state index is 13.6. The van der Waals surface area contributed by atoms with E-state index >= 15 is 0 Å². The summed E-state index contributed by atoms with van der Waals surface area (Å²) in [6.07, 6.45) is -4.41. The van der Waals surface area contributed by atoms with Crippen LogP contribution in [-0.2, 0) is 55.0 Å². The SMILES string of the molecule is CCONC(=O)[C@H](OCc1ccccc1)[C@@H](OCc1ccccc1)[C@H](OCc1ccccc1)[C@H](O)COCc1ccccc1. The molecular weight excluding hydrogens is 558 g/mol. The van der Waals surface area contributed by atoms with Gasteiger partial charge < -0.3 is 24.1 Å². The van der Waals surface area contributed by atoms with Gasteiger partial charge in [0, 0.05) is 0 Å². The number of carbonyl (C=O) groups excluding carboxylic acids is 1. The van der Waals surface area contributed by atoms with Gasteiger partial charge in [-0.05, 0) is 29.2 Å². The van der Waals surface area contributed by atoms with Gasteiger partial charge in [-0.15, -0.1) is 0 Å². The molecule has 232 valence electrons. The normalized spacial score (nSPS) is 14.0. The molecule has 44 heavy (non-hydrogen) atoms. The number of ether oxygens (including phenoxy) is 4. The van der Waals surface area contributed by atoms with Gasteiger partial charge in [-0.3, -0.25) is 9.63 Å². The lowest BCUT2D eigenvalue weighted by molar-refractivity contribution is -0.196. The highest BCUT2D eigenvalue weighted by Crippen LogP contribution is 2.22. The van der Waals surface area contributed by atoms with Crippen LogP contribution >= 0.6 is 0 Å². The van der Waals surface area contributed by atoms with Crippen LogP contribution in [0.2, 0.25) is 0 Å². The second-order valence-corrected chi connectivity index (χ2v) is 10.2. The predicted molar refractivity (Wildman–Crippen MR) is 167 cm³/mol. The minimum absolute atomic E-state index is 0.0575. The summed E-state index contributed by atoms with van der Waals surface area (Å²) in [5.74, 6) is -0.549. The molecule has 8 heteroatoms. The van der Waals surface area contributed by atoms with E-state index in [1.165, 1.54) is 0 Å².